The molecule has 33 heavy (non-hydrogen) atoms. The summed E-state index contributed by atoms with van der Waals surface area (Å²) in [6, 6.07) is 9.91. The number of benzene rings is 1. The van der Waals surface area contributed by atoms with Crippen LogP contribution in [0.1, 0.15) is 30.6 Å². The van der Waals surface area contributed by atoms with E-state index in [2.05, 4.69) is 20.8 Å². The standard InChI is InChI=1S/C21H23N5O4S3/c27-19(13-18-20(28)24-21(32-18)25-22-14-16-5-4-12-31-16)23-15-6-8-17(9-7-15)33(29,30)26-10-2-1-3-11-26/h4-9,12,14,18H,1-3,10-11,13H2,(H,23,27)(H,24,25,28)/b22-14-/t18-/m0/s1. The number of amidine groups is 1. The van der Waals surface area contributed by atoms with Gasteiger partial charge in [-0.1, -0.05) is 24.2 Å². The number of piperidine rings is 1. The molecule has 2 N–H and O–H groups in total. The Morgan fingerprint density at radius 1 is 1.18 bits per heavy atom. The first-order chi connectivity index (χ1) is 15.9. The molecular weight excluding hydrogens is 482 g/mol. The quantitative estimate of drug-likeness (QED) is 0.443. The van der Waals surface area contributed by atoms with E-state index in [-0.39, 0.29) is 23.1 Å². The molecule has 0 radical (unpaired) electrons. The number of rotatable bonds is 7. The Hall–Kier alpha value is -2.54. The summed E-state index contributed by atoms with van der Waals surface area (Å²) in [6.07, 6.45) is 4.34. The average Bonchev–Trinajstić information content (AvgIpc) is 3.44. The molecule has 0 spiro atoms. The summed E-state index contributed by atoms with van der Waals surface area (Å²) in [5.41, 5.74) is 0.468. The number of nitrogens with zero attached hydrogens (tertiary/aromatic N) is 3. The number of anilines is 1. The number of hydrogen-bond acceptors (Lipinski definition) is 8. The van der Waals surface area contributed by atoms with Gasteiger partial charge in [0.15, 0.2) is 5.17 Å². The van der Waals surface area contributed by atoms with Gasteiger partial charge < -0.3 is 10.6 Å². The molecule has 1 atom stereocenters. The molecule has 3 heterocycles. The fraction of sp³-hybridized carbons (Fsp3) is 0.333. The number of nitrogens with one attached hydrogen (secondary N) is 2. The molecule has 2 saturated heterocycles. The van der Waals surface area contributed by atoms with E-state index in [1.54, 1.807) is 18.3 Å². The second-order valence-electron chi connectivity index (χ2n) is 7.50. The Balaban J connectivity index is 1.31. The lowest BCUT2D eigenvalue weighted by Crippen LogP contribution is -2.35. The monoisotopic (exact) mass is 505 g/mol. The van der Waals surface area contributed by atoms with E-state index in [4.69, 9.17) is 0 Å². The van der Waals surface area contributed by atoms with Crippen LogP contribution in [0.25, 0.3) is 0 Å². The molecule has 1 aromatic heterocycles. The van der Waals surface area contributed by atoms with Crippen LogP contribution in [0.3, 0.4) is 0 Å². The summed E-state index contributed by atoms with van der Waals surface area (Å²) in [5.74, 6) is -0.652. The smallest absolute Gasteiger partial charge is 0.243 e. The fourth-order valence-corrected chi connectivity index (χ4v) is 6.45. The van der Waals surface area contributed by atoms with Crippen LogP contribution in [0.2, 0.25) is 0 Å². The highest BCUT2D eigenvalue weighted by molar-refractivity contribution is 8.15. The lowest BCUT2D eigenvalue weighted by molar-refractivity contribution is -0.122. The highest BCUT2D eigenvalue weighted by Crippen LogP contribution is 2.24. The van der Waals surface area contributed by atoms with Crippen molar-refractivity contribution in [2.75, 3.05) is 18.4 Å². The third-order valence-corrected chi connectivity index (χ3v) is 8.91. The maximum Gasteiger partial charge on any atom is 0.243 e. The van der Waals surface area contributed by atoms with Gasteiger partial charge in [0.25, 0.3) is 0 Å². The largest absolute Gasteiger partial charge is 0.326 e. The maximum atomic E-state index is 12.7. The molecule has 4 rings (SSSR count). The molecule has 1 aromatic carbocycles. The van der Waals surface area contributed by atoms with Crippen molar-refractivity contribution in [3.05, 3.63) is 46.7 Å². The van der Waals surface area contributed by atoms with Gasteiger partial charge in [0.05, 0.1) is 11.1 Å². The van der Waals surface area contributed by atoms with Crippen molar-refractivity contribution in [2.45, 2.75) is 35.8 Å². The van der Waals surface area contributed by atoms with Gasteiger partial charge in [0, 0.05) is 30.1 Å². The molecule has 9 nitrogen and oxygen atoms in total. The molecule has 0 unspecified atom stereocenters. The minimum Gasteiger partial charge on any atom is -0.326 e. The molecule has 0 saturated carbocycles. The van der Waals surface area contributed by atoms with Gasteiger partial charge in [-0.15, -0.1) is 16.4 Å². The Labute approximate surface area is 200 Å². The number of carbonyl (C=O) groups excluding carboxylic acids is 2. The predicted molar refractivity (Wildman–Crippen MR) is 131 cm³/mol. The minimum atomic E-state index is -3.52. The lowest BCUT2D eigenvalue weighted by atomic mass is 10.2. The topological polar surface area (TPSA) is 120 Å². The highest BCUT2D eigenvalue weighted by Gasteiger charge is 2.32. The summed E-state index contributed by atoms with van der Waals surface area (Å²) in [5, 5.41) is 14.9. The highest BCUT2D eigenvalue weighted by atomic mass is 32.2. The maximum absolute atomic E-state index is 12.7. The van der Waals surface area contributed by atoms with E-state index in [1.807, 2.05) is 17.5 Å². The third kappa shape index (κ3) is 6.08. The lowest BCUT2D eigenvalue weighted by Gasteiger charge is -2.25. The predicted octanol–water partition coefficient (Wildman–Crippen LogP) is 2.87. The number of sulfonamides is 1. The zero-order chi connectivity index (χ0) is 23.3. The Bertz CT molecular complexity index is 1160. The molecule has 2 fully saturated rings. The third-order valence-electron chi connectivity index (χ3n) is 5.11. The van der Waals surface area contributed by atoms with Crippen molar-refractivity contribution >= 4 is 62.0 Å². The zero-order valence-corrected chi connectivity index (χ0v) is 20.1. The van der Waals surface area contributed by atoms with Gasteiger partial charge in [-0.3, -0.25) is 9.59 Å². The average molecular weight is 506 g/mol. The van der Waals surface area contributed by atoms with Crippen molar-refractivity contribution in [1.82, 2.24) is 9.62 Å². The molecule has 2 aromatic rings. The Morgan fingerprint density at radius 3 is 2.64 bits per heavy atom. The molecule has 2 aliphatic heterocycles. The van der Waals surface area contributed by atoms with Crippen LogP contribution >= 0.6 is 23.1 Å². The van der Waals surface area contributed by atoms with Gasteiger partial charge >= 0.3 is 0 Å². The van der Waals surface area contributed by atoms with Gasteiger partial charge in [0.2, 0.25) is 21.8 Å². The number of amides is 2. The molecule has 174 valence electrons. The Kier molecular flexibility index (Phi) is 7.58. The van der Waals surface area contributed by atoms with Crippen molar-refractivity contribution in [3.63, 3.8) is 0 Å². The molecule has 2 aliphatic rings. The first-order valence-electron chi connectivity index (χ1n) is 10.4. The van der Waals surface area contributed by atoms with Crippen LogP contribution in [0.15, 0.2) is 56.9 Å². The molecule has 12 heteroatoms. The van der Waals surface area contributed by atoms with E-state index in [1.165, 1.54) is 27.8 Å². The van der Waals surface area contributed by atoms with Crippen LogP contribution in [-0.2, 0) is 19.6 Å². The van der Waals surface area contributed by atoms with Gasteiger partial charge in [-0.25, -0.2) is 8.42 Å². The summed E-state index contributed by atoms with van der Waals surface area (Å²) in [4.78, 5) is 25.7. The summed E-state index contributed by atoms with van der Waals surface area (Å²) >= 11 is 2.67. The number of thiophene rings is 1. The van der Waals surface area contributed by atoms with Crippen LogP contribution in [-0.4, -0.2) is 54.3 Å². The van der Waals surface area contributed by atoms with Crippen LogP contribution < -0.4 is 10.6 Å². The van der Waals surface area contributed by atoms with Crippen LogP contribution in [0.5, 0.6) is 0 Å². The second-order valence-corrected chi connectivity index (χ2v) is 11.6. The SMILES string of the molecule is O=C(C[C@@H]1S/C(=N\N=C/c2cccs2)NC1=O)Nc1ccc(S(=O)(=O)N2CCCCC2)cc1. The van der Waals surface area contributed by atoms with Crippen molar-refractivity contribution in [3.8, 4) is 0 Å². The fourth-order valence-electron chi connectivity index (χ4n) is 3.43. The van der Waals surface area contributed by atoms with Crippen LogP contribution in [0, 0.1) is 0 Å². The summed E-state index contributed by atoms with van der Waals surface area (Å²) in [6.45, 7) is 1.07. The first-order valence-corrected chi connectivity index (χ1v) is 13.6. The van der Waals surface area contributed by atoms with E-state index in [0.717, 1.165) is 35.9 Å². The van der Waals surface area contributed by atoms with Crippen molar-refractivity contribution < 1.29 is 18.0 Å². The summed E-state index contributed by atoms with van der Waals surface area (Å²) in [7, 11) is -3.52. The molecule has 0 bridgehead atoms. The second kappa shape index (κ2) is 10.6. The molecular formula is C21H23N5O4S3. The van der Waals surface area contributed by atoms with Gasteiger partial charge in [-0.05, 0) is 48.6 Å². The van der Waals surface area contributed by atoms with Crippen molar-refractivity contribution in [2.24, 2.45) is 10.2 Å². The minimum absolute atomic E-state index is 0.0437. The van der Waals surface area contributed by atoms with Crippen molar-refractivity contribution in [1.29, 1.82) is 0 Å². The van der Waals surface area contributed by atoms with E-state index in [9.17, 15) is 18.0 Å². The Morgan fingerprint density at radius 2 is 1.94 bits per heavy atom. The van der Waals surface area contributed by atoms with Gasteiger partial charge in [-0.2, -0.15) is 9.41 Å². The zero-order valence-electron chi connectivity index (χ0n) is 17.6. The number of carbonyl (C=O) groups is 2. The molecule has 0 aliphatic carbocycles. The van der Waals surface area contributed by atoms with E-state index in [0.29, 0.717) is 23.9 Å². The van der Waals surface area contributed by atoms with E-state index < -0.39 is 15.3 Å². The normalized spacial score (nSPS) is 20.9. The molecule has 2 amide bonds. The first kappa shape index (κ1) is 23.6. The van der Waals surface area contributed by atoms with Crippen LogP contribution in [0.4, 0.5) is 5.69 Å². The van der Waals surface area contributed by atoms with E-state index >= 15 is 0 Å². The van der Waals surface area contributed by atoms with Gasteiger partial charge in [0.1, 0.15) is 5.25 Å². The number of thioether (sulfide) groups is 1. The summed E-state index contributed by atoms with van der Waals surface area (Å²) < 4.78 is 27.0. The number of hydrogen-bond donors (Lipinski definition) is 2.